The van der Waals surface area contributed by atoms with Crippen molar-refractivity contribution in [1.82, 2.24) is 25.1 Å². The molecule has 4 rings (SSSR count). The summed E-state index contributed by atoms with van der Waals surface area (Å²) in [6, 6.07) is 1.37. The molecule has 0 bridgehead atoms. The highest BCUT2D eigenvalue weighted by atomic mass is 16.2. The van der Waals surface area contributed by atoms with Gasteiger partial charge < -0.3 is 10.3 Å². The topological polar surface area (TPSA) is 92.7 Å². The number of nitrogens with zero attached hydrogens (tertiary/aromatic N) is 3. The summed E-state index contributed by atoms with van der Waals surface area (Å²) in [6.45, 7) is 0. The lowest BCUT2D eigenvalue weighted by atomic mass is 10.2. The normalized spacial score (nSPS) is 23.3. The van der Waals surface area contributed by atoms with Crippen LogP contribution in [0.1, 0.15) is 53.0 Å². The molecule has 2 atom stereocenters. The first-order valence-corrected chi connectivity index (χ1v) is 7.51. The highest BCUT2D eigenvalue weighted by Gasteiger charge is 2.40. The number of hydrogen-bond acceptors (Lipinski definition) is 4. The van der Waals surface area contributed by atoms with Crippen LogP contribution in [0.2, 0.25) is 0 Å². The van der Waals surface area contributed by atoms with Crippen molar-refractivity contribution in [3.05, 3.63) is 45.9 Å². The Hall–Kier alpha value is -2.44. The smallest absolute Gasteiger partial charge is 0.270 e. The van der Waals surface area contributed by atoms with Gasteiger partial charge in [-0.05, 0) is 24.8 Å². The van der Waals surface area contributed by atoms with Gasteiger partial charge >= 0.3 is 0 Å². The van der Waals surface area contributed by atoms with Gasteiger partial charge in [0.2, 0.25) is 0 Å². The Balaban J connectivity index is 1.46. The van der Waals surface area contributed by atoms with E-state index < -0.39 is 0 Å². The van der Waals surface area contributed by atoms with Gasteiger partial charge in [0, 0.05) is 37.2 Å². The van der Waals surface area contributed by atoms with E-state index in [-0.39, 0.29) is 23.2 Å². The summed E-state index contributed by atoms with van der Waals surface area (Å²) in [5.74, 6) is 0.980. The van der Waals surface area contributed by atoms with Gasteiger partial charge in [-0.3, -0.25) is 14.3 Å². The van der Waals surface area contributed by atoms with E-state index in [1.807, 2.05) is 19.4 Å². The summed E-state index contributed by atoms with van der Waals surface area (Å²) in [7, 11) is 1.87. The molecule has 2 N–H and O–H groups in total. The van der Waals surface area contributed by atoms with Crippen molar-refractivity contribution in [3.8, 4) is 0 Å². The minimum absolute atomic E-state index is 0.0992. The highest BCUT2D eigenvalue weighted by Crippen LogP contribution is 2.40. The lowest BCUT2D eigenvalue weighted by Crippen LogP contribution is -2.29. The Morgan fingerprint density at radius 1 is 1.45 bits per heavy atom. The molecule has 1 amide bonds. The van der Waals surface area contributed by atoms with Crippen LogP contribution in [0, 0.1) is 0 Å². The summed E-state index contributed by atoms with van der Waals surface area (Å²) >= 11 is 0. The minimum Gasteiger partial charge on any atom is -0.347 e. The Kier molecular flexibility index (Phi) is 2.88. The van der Waals surface area contributed by atoms with Crippen molar-refractivity contribution >= 4 is 5.91 Å². The molecule has 22 heavy (non-hydrogen) atoms. The summed E-state index contributed by atoms with van der Waals surface area (Å²) < 4.78 is 1.76. The van der Waals surface area contributed by atoms with Gasteiger partial charge in [-0.25, -0.2) is 4.98 Å². The predicted octanol–water partition coefficient (Wildman–Crippen LogP) is 0.667. The molecule has 2 aromatic heterocycles. The zero-order chi connectivity index (χ0) is 15.3. The molecule has 0 radical (unpaired) electrons. The number of aryl methyl sites for hydroxylation is 1. The maximum atomic E-state index is 12.3. The quantitative estimate of drug-likeness (QED) is 0.867. The molecule has 2 aliphatic rings. The molecule has 0 aliphatic heterocycles. The largest absolute Gasteiger partial charge is 0.347 e. The number of aromatic amines is 1. The highest BCUT2D eigenvalue weighted by molar-refractivity contribution is 5.92. The Morgan fingerprint density at radius 2 is 2.27 bits per heavy atom. The van der Waals surface area contributed by atoms with E-state index in [1.54, 1.807) is 4.68 Å². The van der Waals surface area contributed by atoms with E-state index in [0.717, 1.165) is 24.8 Å². The van der Waals surface area contributed by atoms with Crippen molar-refractivity contribution in [3.63, 3.8) is 0 Å². The first kappa shape index (κ1) is 13.2. The fraction of sp³-hybridized carbons (Fsp3) is 0.467. The van der Waals surface area contributed by atoms with Gasteiger partial charge in [0.15, 0.2) is 0 Å². The van der Waals surface area contributed by atoms with Crippen LogP contribution in [0.4, 0.5) is 0 Å². The number of hydrogen-bond donors (Lipinski definition) is 2. The predicted molar refractivity (Wildman–Crippen MR) is 78.7 cm³/mol. The van der Waals surface area contributed by atoms with Crippen LogP contribution in [0.5, 0.6) is 0 Å². The van der Waals surface area contributed by atoms with Gasteiger partial charge in [-0.15, -0.1) is 0 Å². The van der Waals surface area contributed by atoms with Gasteiger partial charge in [-0.1, -0.05) is 0 Å². The third-order valence-corrected chi connectivity index (χ3v) is 4.22. The number of nitrogens with one attached hydrogen (secondary N) is 2. The first-order chi connectivity index (χ1) is 10.6. The van der Waals surface area contributed by atoms with Crippen LogP contribution >= 0.6 is 0 Å². The average Bonchev–Trinajstić information content (AvgIpc) is 3.39. The van der Waals surface area contributed by atoms with Gasteiger partial charge in [0.1, 0.15) is 11.5 Å². The summed E-state index contributed by atoms with van der Waals surface area (Å²) in [5.41, 5.74) is 1.08. The zero-order valence-electron chi connectivity index (χ0n) is 12.2. The van der Waals surface area contributed by atoms with E-state index >= 15 is 0 Å². The van der Waals surface area contributed by atoms with Crippen molar-refractivity contribution in [2.45, 2.75) is 37.1 Å². The number of carbonyl (C=O) groups is 1. The molecule has 2 heterocycles. The summed E-state index contributed by atoms with van der Waals surface area (Å²) in [6.07, 6.45) is 6.75. The van der Waals surface area contributed by atoms with E-state index in [2.05, 4.69) is 20.4 Å². The van der Waals surface area contributed by atoms with Crippen molar-refractivity contribution in [1.29, 1.82) is 0 Å². The number of aromatic nitrogens is 4. The van der Waals surface area contributed by atoms with Crippen LogP contribution in [-0.4, -0.2) is 31.7 Å². The third-order valence-electron chi connectivity index (χ3n) is 4.22. The summed E-state index contributed by atoms with van der Waals surface area (Å²) in [5, 5.41) is 7.10. The van der Waals surface area contributed by atoms with E-state index in [9.17, 15) is 9.59 Å². The maximum absolute atomic E-state index is 12.3. The molecule has 7 heteroatoms. The monoisotopic (exact) mass is 299 g/mol. The first-order valence-electron chi connectivity index (χ1n) is 7.51. The molecule has 0 saturated heterocycles. The standard InChI is InChI=1S/C15H17N5O2/c1-20-7-9(6-16-20)10-4-11(10)18-15(22)12-5-13(21)19-14(17-12)8-2-3-8/h5-8,10-11H,2-4H2,1H3,(H,18,22)(H,17,19,21)/t10-,11+/m0/s1. The van der Waals surface area contributed by atoms with Crippen LogP contribution in [-0.2, 0) is 7.05 Å². The third kappa shape index (κ3) is 2.54. The molecule has 114 valence electrons. The zero-order valence-corrected chi connectivity index (χ0v) is 12.2. The number of amides is 1. The Labute approximate surface area is 126 Å². The second-order valence-electron chi connectivity index (χ2n) is 6.16. The molecular weight excluding hydrogens is 282 g/mol. The SMILES string of the molecule is Cn1cc([C@@H]2C[C@H]2NC(=O)c2cc(=O)[nH]c(C3CC3)n2)cn1. The molecule has 2 saturated carbocycles. The molecular formula is C15H17N5O2. The van der Waals surface area contributed by atoms with Crippen LogP contribution < -0.4 is 10.9 Å². The molecule has 2 aromatic rings. The number of carbonyl (C=O) groups excluding carboxylic acids is 1. The number of rotatable bonds is 4. The molecule has 0 spiro atoms. The van der Waals surface area contributed by atoms with E-state index in [4.69, 9.17) is 0 Å². The van der Waals surface area contributed by atoms with E-state index in [1.165, 1.54) is 6.07 Å². The van der Waals surface area contributed by atoms with Gasteiger partial charge in [0.25, 0.3) is 11.5 Å². The molecule has 2 aliphatic carbocycles. The Bertz CT molecular complexity index is 789. The lowest BCUT2D eigenvalue weighted by Gasteiger charge is -2.05. The Morgan fingerprint density at radius 3 is 2.95 bits per heavy atom. The maximum Gasteiger partial charge on any atom is 0.270 e. The second-order valence-corrected chi connectivity index (χ2v) is 6.16. The fourth-order valence-corrected chi connectivity index (χ4v) is 2.74. The van der Waals surface area contributed by atoms with Gasteiger partial charge in [-0.2, -0.15) is 5.10 Å². The second kappa shape index (κ2) is 4.79. The molecule has 0 aromatic carbocycles. The van der Waals surface area contributed by atoms with E-state index in [0.29, 0.717) is 17.7 Å². The van der Waals surface area contributed by atoms with Crippen molar-refractivity contribution in [2.75, 3.05) is 0 Å². The lowest BCUT2D eigenvalue weighted by molar-refractivity contribution is 0.0944. The van der Waals surface area contributed by atoms with Gasteiger partial charge in [0.05, 0.1) is 6.20 Å². The van der Waals surface area contributed by atoms with Crippen LogP contribution in [0.3, 0.4) is 0 Å². The number of H-pyrrole nitrogens is 1. The fourth-order valence-electron chi connectivity index (χ4n) is 2.74. The minimum atomic E-state index is -0.274. The average molecular weight is 299 g/mol. The molecule has 0 unspecified atom stereocenters. The summed E-state index contributed by atoms with van der Waals surface area (Å²) in [4.78, 5) is 30.9. The van der Waals surface area contributed by atoms with Crippen molar-refractivity contribution in [2.24, 2.45) is 7.05 Å². The van der Waals surface area contributed by atoms with Crippen LogP contribution in [0.25, 0.3) is 0 Å². The van der Waals surface area contributed by atoms with Crippen LogP contribution in [0.15, 0.2) is 23.3 Å². The van der Waals surface area contributed by atoms with Crippen molar-refractivity contribution < 1.29 is 4.79 Å². The molecule has 2 fully saturated rings. The molecule has 7 nitrogen and oxygen atoms in total.